The highest BCUT2D eigenvalue weighted by Crippen LogP contribution is 2.39. The summed E-state index contributed by atoms with van der Waals surface area (Å²) >= 11 is 6.08. The molecule has 21 heavy (non-hydrogen) atoms. The number of nitrogens with zero attached hydrogens (tertiary/aromatic N) is 1. The van der Waals surface area contributed by atoms with E-state index in [0.717, 1.165) is 24.1 Å². The zero-order valence-electron chi connectivity index (χ0n) is 11.9. The third kappa shape index (κ3) is 2.38. The molecule has 0 aliphatic heterocycles. The van der Waals surface area contributed by atoms with E-state index in [1.807, 2.05) is 31.1 Å². The molecule has 0 saturated heterocycles. The number of nitrogens with one attached hydrogen (secondary N) is 2. The summed E-state index contributed by atoms with van der Waals surface area (Å²) in [6.07, 6.45) is 1.72. The smallest absolute Gasteiger partial charge is 0.326 e. The van der Waals surface area contributed by atoms with Crippen LogP contribution in [0, 0.1) is 0 Å². The average molecular weight is 306 g/mol. The number of halogens is 1. The summed E-state index contributed by atoms with van der Waals surface area (Å²) in [7, 11) is 4.00. The summed E-state index contributed by atoms with van der Waals surface area (Å²) in [6.45, 7) is 0. The standard InChI is InChI=1S/C15H16ClN3O2/c1-19(2)9-4-6-10-8(7-9)3-5-11(10)12-13(16)17-15(21)18-14(12)20/h4,6-7,11H,3,5H2,1-2H3,(H2,17,18,20,21). The van der Waals surface area contributed by atoms with E-state index in [1.165, 1.54) is 5.56 Å². The van der Waals surface area contributed by atoms with Crippen LogP contribution in [0.15, 0.2) is 27.8 Å². The first kappa shape index (κ1) is 13.9. The van der Waals surface area contributed by atoms with Crippen LogP contribution in [0.3, 0.4) is 0 Å². The molecule has 2 aromatic rings. The van der Waals surface area contributed by atoms with Crippen molar-refractivity contribution >= 4 is 17.3 Å². The summed E-state index contributed by atoms with van der Waals surface area (Å²) < 4.78 is 0. The van der Waals surface area contributed by atoms with Crippen LogP contribution >= 0.6 is 11.6 Å². The van der Waals surface area contributed by atoms with E-state index >= 15 is 0 Å². The molecule has 6 heteroatoms. The Kier molecular flexibility index (Phi) is 3.37. The van der Waals surface area contributed by atoms with Crippen LogP contribution in [0.1, 0.15) is 29.0 Å². The Morgan fingerprint density at radius 3 is 2.67 bits per heavy atom. The van der Waals surface area contributed by atoms with Crippen LogP contribution < -0.4 is 16.1 Å². The van der Waals surface area contributed by atoms with Crippen LogP contribution in [0.25, 0.3) is 0 Å². The van der Waals surface area contributed by atoms with Crippen LogP contribution in [0.2, 0.25) is 5.15 Å². The van der Waals surface area contributed by atoms with E-state index in [-0.39, 0.29) is 11.1 Å². The first-order chi connectivity index (χ1) is 9.97. The maximum atomic E-state index is 12.1. The summed E-state index contributed by atoms with van der Waals surface area (Å²) in [5.74, 6) is -0.0655. The third-order valence-electron chi connectivity index (χ3n) is 4.00. The van der Waals surface area contributed by atoms with Crippen LogP contribution in [0.4, 0.5) is 5.69 Å². The van der Waals surface area contributed by atoms with Gasteiger partial charge in [-0.15, -0.1) is 0 Å². The lowest BCUT2D eigenvalue weighted by molar-refractivity contribution is 0.764. The topological polar surface area (TPSA) is 69.0 Å². The van der Waals surface area contributed by atoms with Gasteiger partial charge in [-0.25, -0.2) is 4.79 Å². The SMILES string of the molecule is CN(C)c1ccc2c(c1)CCC2c1c(Cl)[nH]c(=O)[nH]c1=O. The Labute approximate surface area is 126 Å². The third-order valence-corrected chi connectivity index (χ3v) is 4.30. The number of aryl methyl sites for hydroxylation is 1. The van der Waals surface area contributed by atoms with E-state index < -0.39 is 11.2 Å². The minimum absolute atomic E-state index is 0.0655. The van der Waals surface area contributed by atoms with Crippen molar-refractivity contribution < 1.29 is 0 Å². The maximum Gasteiger partial charge on any atom is 0.326 e. The van der Waals surface area contributed by atoms with Crippen molar-refractivity contribution in [3.63, 3.8) is 0 Å². The van der Waals surface area contributed by atoms with Gasteiger partial charge in [0.15, 0.2) is 0 Å². The second kappa shape index (κ2) is 5.07. The molecular weight excluding hydrogens is 290 g/mol. The molecule has 0 radical (unpaired) electrons. The Balaban J connectivity index is 2.10. The molecule has 1 unspecified atom stereocenters. The van der Waals surface area contributed by atoms with Gasteiger partial charge in [0, 0.05) is 25.7 Å². The number of hydrogen-bond donors (Lipinski definition) is 2. The Morgan fingerprint density at radius 2 is 2.00 bits per heavy atom. The summed E-state index contributed by atoms with van der Waals surface area (Å²) in [5, 5.41) is 0.137. The van der Waals surface area contributed by atoms with E-state index in [0.29, 0.717) is 5.56 Å². The molecule has 1 aliphatic carbocycles. The van der Waals surface area contributed by atoms with Crippen LogP contribution in [0.5, 0.6) is 0 Å². The molecule has 1 heterocycles. The van der Waals surface area contributed by atoms with Gasteiger partial charge in [0.2, 0.25) is 0 Å². The number of rotatable bonds is 2. The number of hydrogen-bond acceptors (Lipinski definition) is 3. The Bertz CT molecular complexity index is 807. The Hall–Kier alpha value is -2.01. The first-order valence-electron chi connectivity index (χ1n) is 6.79. The number of anilines is 1. The fraction of sp³-hybridized carbons (Fsp3) is 0.333. The molecule has 0 bridgehead atoms. The van der Waals surface area contributed by atoms with Crippen molar-refractivity contribution in [3.8, 4) is 0 Å². The van der Waals surface area contributed by atoms with Crippen molar-refractivity contribution in [1.29, 1.82) is 0 Å². The molecule has 0 saturated carbocycles. The minimum atomic E-state index is -0.574. The molecule has 0 spiro atoms. The van der Waals surface area contributed by atoms with Gasteiger partial charge in [-0.05, 0) is 36.1 Å². The minimum Gasteiger partial charge on any atom is -0.378 e. The largest absolute Gasteiger partial charge is 0.378 e. The van der Waals surface area contributed by atoms with Gasteiger partial charge < -0.3 is 4.90 Å². The van der Waals surface area contributed by atoms with Gasteiger partial charge in [-0.3, -0.25) is 14.8 Å². The van der Waals surface area contributed by atoms with Crippen molar-refractivity contribution in [1.82, 2.24) is 9.97 Å². The second-order valence-corrected chi connectivity index (χ2v) is 5.88. The highest BCUT2D eigenvalue weighted by molar-refractivity contribution is 6.30. The summed E-state index contributed by atoms with van der Waals surface area (Å²) in [6, 6.07) is 6.22. The van der Waals surface area contributed by atoms with Crippen LogP contribution in [-0.2, 0) is 6.42 Å². The van der Waals surface area contributed by atoms with Crippen LogP contribution in [-0.4, -0.2) is 24.1 Å². The van der Waals surface area contributed by atoms with Crippen molar-refractivity contribution in [2.24, 2.45) is 0 Å². The average Bonchev–Trinajstić information content (AvgIpc) is 2.80. The molecule has 1 aromatic carbocycles. The van der Waals surface area contributed by atoms with Gasteiger partial charge in [0.1, 0.15) is 5.15 Å². The molecule has 0 amide bonds. The number of aromatic nitrogens is 2. The van der Waals surface area contributed by atoms with E-state index in [4.69, 9.17) is 11.6 Å². The quantitative estimate of drug-likeness (QED) is 0.832. The lowest BCUT2D eigenvalue weighted by Crippen LogP contribution is -2.27. The van der Waals surface area contributed by atoms with Gasteiger partial charge in [0.05, 0.1) is 5.56 Å². The number of aromatic amines is 2. The van der Waals surface area contributed by atoms with Gasteiger partial charge in [-0.2, -0.15) is 0 Å². The highest BCUT2D eigenvalue weighted by atomic mass is 35.5. The molecule has 1 atom stereocenters. The molecular formula is C15H16ClN3O2. The molecule has 1 aliphatic rings. The maximum absolute atomic E-state index is 12.1. The van der Waals surface area contributed by atoms with E-state index in [2.05, 4.69) is 16.0 Å². The lowest BCUT2D eigenvalue weighted by Gasteiger charge is -2.16. The number of fused-ring (bicyclic) bond motifs is 1. The predicted molar refractivity (Wildman–Crippen MR) is 83.6 cm³/mol. The zero-order valence-corrected chi connectivity index (χ0v) is 12.6. The first-order valence-corrected chi connectivity index (χ1v) is 7.17. The van der Waals surface area contributed by atoms with Crippen molar-refractivity contribution in [2.45, 2.75) is 18.8 Å². The zero-order chi connectivity index (χ0) is 15.1. The van der Waals surface area contributed by atoms with Gasteiger partial charge >= 0.3 is 5.69 Å². The Morgan fingerprint density at radius 1 is 1.24 bits per heavy atom. The lowest BCUT2D eigenvalue weighted by atomic mass is 9.95. The van der Waals surface area contributed by atoms with E-state index in [9.17, 15) is 9.59 Å². The number of H-pyrrole nitrogens is 2. The van der Waals surface area contributed by atoms with Crippen molar-refractivity contribution in [2.75, 3.05) is 19.0 Å². The van der Waals surface area contributed by atoms with Gasteiger partial charge in [0.25, 0.3) is 5.56 Å². The monoisotopic (exact) mass is 305 g/mol. The van der Waals surface area contributed by atoms with E-state index in [1.54, 1.807) is 0 Å². The molecule has 5 nitrogen and oxygen atoms in total. The fourth-order valence-corrected chi connectivity index (χ4v) is 3.26. The molecule has 3 rings (SSSR count). The normalized spacial score (nSPS) is 16.8. The summed E-state index contributed by atoms with van der Waals surface area (Å²) in [4.78, 5) is 30.1. The van der Waals surface area contributed by atoms with Gasteiger partial charge in [-0.1, -0.05) is 17.7 Å². The van der Waals surface area contributed by atoms with Crippen molar-refractivity contribution in [3.05, 3.63) is 60.9 Å². The molecule has 0 fully saturated rings. The molecule has 2 N–H and O–H groups in total. The second-order valence-electron chi connectivity index (χ2n) is 5.50. The predicted octanol–water partition coefficient (Wildman–Crippen LogP) is 1.86. The highest BCUT2D eigenvalue weighted by Gasteiger charge is 2.28. The number of benzene rings is 1. The molecule has 1 aromatic heterocycles. The summed E-state index contributed by atoms with van der Waals surface area (Å²) in [5.41, 5.74) is 2.95. The molecule has 110 valence electrons. The fourth-order valence-electron chi connectivity index (χ4n) is 2.96.